The van der Waals surface area contributed by atoms with Crippen LogP contribution in [0.15, 0.2) is 97.2 Å². The lowest BCUT2D eigenvalue weighted by atomic mass is 10.1. The Morgan fingerprint density at radius 3 is 2.43 bits per heavy atom. The number of ether oxygens (including phenoxy) is 4. The van der Waals surface area contributed by atoms with Crippen LogP contribution < -0.4 is 24.8 Å². The number of urea groups is 1. The second-order valence-electron chi connectivity index (χ2n) is 15.4. The summed E-state index contributed by atoms with van der Waals surface area (Å²) in [5.74, 6) is 1.32. The summed E-state index contributed by atoms with van der Waals surface area (Å²) in [6.45, 7) is 11.2. The predicted octanol–water partition coefficient (Wildman–Crippen LogP) is 9.70. The van der Waals surface area contributed by atoms with Crippen LogP contribution in [0.25, 0.3) is 16.5 Å². The molecule has 0 aliphatic carbocycles. The van der Waals surface area contributed by atoms with Crippen LogP contribution in [0.4, 0.5) is 29.5 Å². The first-order chi connectivity index (χ1) is 29.1. The molecule has 6 aromatic rings. The van der Waals surface area contributed by atoms with Crippen molar-refractivity contribution in [3.63, 3.8) is 0 Å². The van der Waals surface area contributed by atoms with Crippen molar-refractivity contribution in [3.8, 4) is 28.8 Å². The second kappa shape index (κ2) is 18.8. The van der Waals surface area contributed by atoms with Gasteiger partial charge in [0.2, 0.25) is 5.88 Å². The maximum absolute atomic E-state index is 13.6. The van der Waals surface area contributed by atoms with Gasteiger partial charge in [-0.05, 0) is 66.8 Å². The maximum atomic E-state index is 13.6. The van der Waals surface area contributed by atoms with Crippen LogP contribution in [0.5, 0.6) is 23.1 Å². The molecule has 0 saturated carbocycles. The Balaban J connectivity index is 1.06. The summed E-state index contributed by atoms with van der Waals surface area (Å²) in [7, 11) is -2.32. The van der Waals surface area contributed by atoms with E-state index in [1.165, 1.54) is 18.3 Å². The van der Waals surface area contributed by atoms with Crippen molar-refractivity contribution in [1.29, 1.82) is 0 Å². The van der Waals surface area contributed by atoms with Crippen LogP contribution in [0.3, 0.4) is 0 Å². The fourth-order valence-electron chi connectivity index (χ4n) is 6.88. The molecule has 1 aliphatic rings. The molecule has 3 heterocycles. The zero-order valence-corrected chi connectivity index (χ0v) is 35.1. The van der Waals surface area contributed by atoms with E-state index in [2.05, 4.69) is 30.2 Å². The van der Waals surface area contributed by atoms with Crippen LogP contribution in [0.1, 0.15) is 42.4 Å². The lowest BCUT2D eigenvalue weighted by Crippen LogP contribution is -2.38. The van der Waals surface area contributed by atoms with Gasteiger partial charge in [0.15, 0.2) is 0 Å². The number of nitrogens with zero attached hydrogens (tertiary/aromatic N) is 5. The summed E-state index contributed by atoms with van der Waals surface area (Å²) < 4.78 is 75.8. The third-order valence-electron chi connectivity index (χ3n) is 9.62. The highest BCUT2D eigenvalue weighted by Crippen LogP contribution is 2.41. The number of alkyl halides is 3. The number of anilines is 2. The zero-order chi connectivity index (χ0) is 43.1. The van der Waals surface area contributed by atoms with Crippen molar-refractivity contribution in [2.45, 2.75) is 38.7 Å². The molecule has 2 aromatic heterocycles. The zero-order valence-electron chi connectivity index (χ0n) is 34.2. The normalized spacial score (nSPS) is 13.6. The molecule has 0 atom stereocenters. The summed E-state index contributed by atoms with van der Waals surface area (Å²) in [6.07, 6.45) is -2.88. The third-order valence-corrected chi connectivity index (χ3v) is 10.7. The van der Waals surface area contributed by atoms with Crippen molar-refractivity contribution in [3.05, 3.63) is 120 Å². The Labute approximate surface area is 351 Å². The molecule has 2 N–H and O–H groups in total. The number of hydrogen-bond donors (Lipinski definition) is 2. The van der Waals surface area contributed by atoms with Gasteiger partial charge in [-0.2, -0.15) is 10.1 Å². The van der Waals surface area contributed by atoms with Gasteiger partial charge in [-0.15, -0.1) is 13.2 Å². The van der Waals surface area contributed by atoms with Gasteiger partial charge in [0, 0.05) is 67.4 Å². The fraction of sp³-hybridized carbons (Fsp3) is 0.318. The van der Waals surface area contributed by atoms with E-state index < -0.39 is 25.3 Å². The van der Waals surface area contributed by atoms with E-state index in [1.807, 2.05) is 68.4 Å². The summed E-state index contributed by atoms with van der Waals surface area (Å²) in [6, 6.07) is 25.5. The summed E-state index contributed by atoms with van der Waals surface area (Å²) in [4.78, 5) is 24.7. The first-order valence-corrected chi connectivity index (χ1v) is 22.6. The van der Waals surface area contributed by atoms with E-state index >= 15 is 0 Å². The molecule has 61 heavy (non-hydrogen) atoms. The first kappa shape index (κ1) is 43.1. The Hall–Kier alpha value is -5.96. The first-order valence-electron chi connectivity index (χ1n) is 19.8. The minimum absolute atomic E-state index is 0.0629. The van der Waals surface area contributed by atoms with Crippen molar-refractivity contribution < 1.29 is 41.5 Å². The number of rotatable bonds is 15. The minimum atomic E-state index is -4.89. The topological polar surface area (TPSA) is 142 Å². The number of aromatic nitrogens is 4. The lowest BCUT2D eigenvalue weighted by Gasteiger charge is -2.26. The number of nitrogens with one attached hydrogen (secondary N) is 2. The number of fused-ring (bicyclic) bond motifs is 1. The molecule has 1 fully saturated rings. The molecule has 1 saturated heterocycles. The van der Waals surface area contributed by atoms with Crippen LogP contribution in [-0.2, 0) is 21.9 Å². The number of halogens is 3. The third kappa shape index (κ3) is 12.1. The molecule has 17 heteroatoms. The van der Waals surface area contributed by atoms with Gasteiger partial charge in [-0.25, -0.2) is 14.5 Å². The average molecular weight is 858 g/mol. The number of carbonyl (C=O) groups excluding carboxylic acids is 1. The maximum Gasteiger partial charge on any atom is 0.573 e. The van der Waals surface area contributed by atoms with Crippen LogP contribution in [0.2, 0.25) is 0 Å². The van der Waals surface area contributed by atoms with E-state index in [0.717, 1.165) is 30.0 Å². The second-order valence-corrected chi connectivity index (χ2v) is 18.9. The SMILES string of the molecule is CC(C)c1cc(NC(=O)Nc2ccc(Oc3ccnc(Cc4cc(OCCN5CCOCC5)cc(OC(F)(F)F)c4)n3)c3ccccc23)n(-c2cccc(CP(C)(C)=O)c2)n1. The van der Waals surface area contributed by atoms with Gasteiger partial charge in [0.1, 0.15) is 35.5 Å². The Morgan fingerprint density at radius 1 is 0.902 bits per heavy atom. The number of amides is 2. The van der Waals surface area contributed by atoms with Crippen LogP contribution >= 0.6 is 7.14 Å². The van der Waals surface area contributed by atoms with Gasteiger partial charge in [-0.3, -0.25) is 10.2 Å². The van der Waals surface area contributed by atoms with E-state index in [9.17, 15) is 22.5 Å². The molecule has 0 unspecified atom stereocenters. The van der Waals surface area contributed by atoms with E-state index in [1.54, 1.807) is 42.3 Å². The molecule has 13 nitrogen and oxygen atoms in total. The van der Waals surface area contributed by atoms with Gasteiger partial charge in [0.25, 0.3) is 0 Å². The quantitative estimate of drug-likeness (QED) is 0.0959. The van der Waals surface area contributed by atoms with Crippen molar-refractivity contribution >= 4 is 35.5 Å². The number of benzene rings is 4. The highest BCUT2D eigenvalue weighted by Gasteiger charge is 2.31. The van der Waals surface area contributed by atoms with Crippen molar-refractivity contribution in [1.82, 2.24) is 24.6 Å². The monoisotopic (exact) mass is 857 g/mol. The average Bonchev–Trinajstić information content (AvgIpc) is 3.62. The Bertz CT molecular complexity index is 2540. The molecule has 7 rings (SSSR count). The largest absolute Gasteiger partial charge is 0.573 e. The molecule has 4 aromatic carbocycles. The highest BCUT2D eigenvalue weighted by atomic mass is 31.2. The molecular weight excluding hydrogens is 810 g/mol. The standard InChI is InChI=1S/C44H47F3N7O6P/c1-29(2)38-27-41(54(52-38)32-9-7-8-30(22-32)28-61(3,4)56)51-43(55)49-37-12-13-39(36-11-6-5-10-35(36)37)59-42-14-15-48-40(50-42)25-31-23-33(26-34(24-31)60-44(45,46)47)58-21-18-53-16-19-57-20-17-53/h5-15,22-24,26-27,29H,16-21,25,28H2,1-4H3,(H2,49,51,55). The van der Waals surface area contributed by atoms with Crippen molar-refractivity contribution in [2.75, 3.05) is 63.4 Å². The highest BCUT2D eigenvalue weighted by molar-refractivity contribution is 7.61. The molecule has 1 aliphatic heterocycles. The molecule has 0 radical (unpaired) electrons. The fourth-order valence-corrected chi connectivity index (χ4v) is 7.95. The van der Waals surface area contributed by atoms with E-state index in [-0.39, 0.29) is 30.6 Å². The molecule has 320 valence electrons. The lowest BCUT2D eigenvalue weighted by molar-refractivity contribution is -0.274. The molecule has 2 amide bonds. The van der Waals surface area contributed by atoms with Gasteiger partial charge in [0.05, 0.1) is 37.4 Å². The summed E-state index contributed by atoms with van der Waals surface area (Å²) in [5.41, 5.74) is 3.39. The Morgan fingerprint density at radius 2 is 1.67 bits per heavy atom. The minimum Gasteiger partial charge on any atom is -0.492 e. The summed E-state index contributed by atoms with van der Waals surface area (Å²) >= 11 is 0. The molecular formula is C44H47F3N7O6P. The smallest absolute Gasteiger partial charge is 0.492 e. The van der Waals surface area contributed by atoms with Gasteiger partial charge in [-0.1, -0.05) is 50.2 Å². The number of hydrogen-bond acceptors (Lipinski definition) is 10. The number of morpholine rings is 1. The van der Waals surface area contributed by atoms with E-state index in [0.29, 0.717) is 65.3 Å². The Kier molecular flexibility index (Phi) is 13.3. The van der Waals surface area contributed by atoms with Crippen molar-refractivity contribution in [2.24, 2.45) is 0 Å². The van der Waals surface area contributed by atoms with Gasteiger partial charge >= 0.3 is 12.4 Å². The van der Waals surface area contributed by atoms with E-state index in [4.69, 9.17) is 19.3 Å². The molecule has 0 spiro atoms. The van der Waals surface area contributed by atoms with Crippen LogP contribution in [-0.4, -0.2) is 89.8 Å². The van der Waals surface area contributed by atoms with Crippen LogP contribution in [0, 0.1) is 0 Å². The summed E-state index contributed by atoms with van der Waals surface area (Å²) in [5, 5.41) is 12.1. The predicted molar refractivity (Wildman–Crippen MR) is 228 cm³/mol. The van der Waals surface area contributed by atoms with Gasteiger partial charge < -0.3 is 28.8 Å². The molecule has 0 bridgehead atoms. The number of carbonyl (C=O) groups is 1.